The molecule has 2 aromatic rings. The van der Waals surface area contributed by atoms with E-state index in [1.807, 2.05) is 0 Å². The van der Waals surface area contributed by atoms with Crippen LogP contribution in [0, 0.1) is 0 Å². The van der Waals surface area contributed by atoms with E-state index < -0.39 is 10.1 Å². The number of hydrogen-bond acceptors (Lipinski definition) is 6. The summed E-state index contributed by atoms with van der Waals surface area (Å²) in [5.41, 5.74) is 0.377. The normalized spacial score (nSPS) is 11.3. The molecule has 1 aromatic heterocycles. The number of nitrogens with zero attached hydrogens (tertiary/aromatic N) is 2. The fraction of sp³-hybridized carbons (Fsp3) is 0.167. The summed E-state index contributed by atoms with van der Waals surface area (Å²) in [5.74, 6) is 0.713. The molecule has 0 spiro atoms. The van der Waals surface area contributed by atoms with E-state index in [2.05, 4.69) is 14.2 Å². The van der Waals surface area contributed by atoms with E-state index in [4.69, 9.17) is 16.3 Å². The molecule has 0 N–H and O–H groups in total. The van der Waals surface area contributed by atoms with E-state index in [1.165, 1.54) is 12.4 Å². The van der Waals surface area contributed by atoms with Gasteiger partial charge in [-0.05, 0) is 12.1 Å². The molecule has 106 valence electrons. The molecule has 0 bridgehead atoms. The summed E-state index contributed by atoms with van der Waals surface area (Å²) in [7, 11) is -3.50. The first kappa shape index (κ1) is 14.7. The van der Waals surface area contributed by atoms with Crippen LogP contribution < -0.4 is 4.74 Å². The third-order valence-electron chi connectivity index (χ3n) is 2.15. The third-order valence-corrected chi connectivity index (χ3v) is 3.01. The second-order valence-electron chi connectivity index (χ2n) is 3.84. The second-order valence-corrected chi connectivity index (χ2v) is 5.90. The Morgan fingerprint density at radius 1 is 1.20 bits per heavy atom. The summed E-state index contributed by atoms with van der Waals surface area (Å²) in [4.78, 5) is 7.99. The van der Waals surface area contributed by atoms with Gasteiger partial charge in [-0.3, -0.25) is 9.17 Å². The molecular formula is C12H11ClN2O4S. The lowest BCUT2D eigenvalue weighted by Crippen LogP contribution is -2.04. The Balaban J connectivity index is 2.03. The van der Waals surface area contributed by atoms with E-state index in [9.17, 15) is 8.42 Å². The zero-order chi connectivity index (χ0) is 14.6. The zero-order valence-electron chi connectivity index (χ0n) is 10.5. The van der Waals surface area contributed by atoms with Crippen LogP contribution >= 0.6 is 11.6 Å². The predicted octanol–water partition coefficient (Wildman–Crippen LogP) is 2.40. The molecule has 1 aromatic carbocycles. The molecule has 2 rings (SSSR count). The first-order valence-corrected chi connectivity index (χ1v) is 7.71. The van der Waals surface area contributed by atoms with Crippen molar-refractivity contribution >= 4 is 21.7 Å². The molecule has 0 fully saturated rings. The van der Waals surface area contributed by atoms with Crippen LogP contribution in [0.3, 0.4) is 0 Å². The molecule has 0 aliphatic carbocycles. The highest BCUT2D eigenvalue weighted by Crippen LogP contribution is 2.27. The highest BCUT2D eigenvalue weighted by Gasteiger charge is 2.06. The lowest BCUT2D eigenvalue weighted by Gasteiger charge is -2.06. The number of rotatable bonds is 5. The zero-order valence-corrected chi connectivity index (χ0v) is 12.1. The molecule has 20 heavy (non-hydrogen) atoms. The maximum absolute atomic E-state index is 10.8. The van der Waals surface area contributed by atoms with Gasteiger partial charge in [0, 0.05) is 0 Å². The van der Waals surface area contributed by atoms with Crippen molar-refractivity contribution in [3.63, 3.8) is 0 Å². The Labute approximate surface area is 121 Å². The number of hydrogen-bond donors (Lipinski definition) is 0. The topological polar surface area (TPSA) is 78.4 Å². The molecule has 0 unspecified atom stereocenters. The van der Waals surface area contributed by atoms with Crippen molar-refractivity contribution in [1.29, 1.82) is 0 Å². The smallest absolute Gasteiger partial charge is 0.264 e. The van der Waals surface area contributed by atoms with Gasteiger partial charge in [0.15, 0.2) is 0 Å². The van der Waals surface area contributed by atoms with Crippen molar-refractivity contribution in [3.8, 4) is 11.6 Å². The molecule has 0 saturated heterocycles. The predicted molar refractivity (Wildman–Crippen MR) is 73.2 cm³/mol. The van der Waals surface area contributed by atoms with Gasteiger partial charge in [0.1, 0.15) is 12.4 Å². The Hall–Kier alpha value is -1.70. The molecule has 0 aliphatic rings. The van der Waals surface area contributed by atoms with Crippen LogP contribution in [0.2, 0.25) is 5.02 Å². The van der Waals surface area contributed by atoms with E-state index in [-0.39, 0.29) is 12.5 Å². The lowest BCUT2D eigenvalue weighted by molar-refractivity contribution is 0.306. The van der Waals surface area contributed by atoms with Crippen LogP contribution in [0.1, 0.15) is 5.69 Å². The monoisotopic (exact) mass is 314 g/mol. The van der Waals surface area contributed by atoms with Crippen molar-refractivity contribution in [3.05, 3.63) is 47.4 Å². The molecule has 0 atom stereocenters. The highest BCUT2D eigenvalue weighted by atomic mass is 35.5. The van der Waals surface area contributed by atoms with Gasteiger partial charge < -0.3 is 4.74 Å². The SMILES string of the molecule is CS(=O)(=O)OCc1cnc(Oc2ccccc2Cl)cn1. The summed E-state index contributed by atoms with van der Waals surface area (Å²) in [6.45, 7) is -0.168. The van der Waals surface area contributed by atoms with Gasteiger partial charge in [0.05, 0.1) is 29.4 Å². The maximum Gasteiger partial charge on any atom is 0.264 e. The third kappa shape index (κ3) is 4.44. The van der Waals surface area contributed by atoms with Crippen LogP contribution in [0.4, 0.5) is 0 Å². The van der Waals surface area contributed by atoms with Crippen LogP contribution in [0.5, 0.6) is 11.6 Å². The lowest BCUT2D eigenvalue weighted by atomic mass is 10.3. The summed E-state index contributed by atoms with van der Waals surface area (Å²) >= 11 is 5.95. The minimum Gasteiger partial charge on any atom is -0.436 e. The molecule has 1 heterocycles. The summed E-state index contributed by atoms with van der Waals surface area (Å²) in [6, 6.07) is 6.96. The Kier molecular flexibility index (Phi) is 4.53. The molecule has 0 aliphatic heterocycles. The first-order chi connectivity index (χ1) is 9.44. The summed E-state index contributed by atoms with van der Waals surface area (Å²) in [6.07, 6.45) is 3.71. The number of benzene rings is 1. The van der Waals surface area contributed by atoms with Gasteiger partial charge in [-0.1, -0.05) is 23.7 Å². The fourth-order valence-electron chi connectivity index (χ4n) is 1.28. The molecule has 6 nitrogen and oxygen atoms in total. The van der Waals surface area contributed by atoms with E-state index in [1.54, 1.807) is 24.3 Å². The van der Waals surface area contributed by atoms with Gasteiger partial charge in [-0.15, -0.1) is 0 Å². The average Bonchev–Trinajstić information content (AvgIpc) is 2.40. The van der Waals surface area contributed by atoms with E-state index in [0.29, 0.717) is 16.5 Å². The quantitative estimate of drug-likeness (QED) is 0.789. The summed E-state index contributed by atoms with van der Waals surface area (Å²) in [5, 5.41) is 0.457. The van der Waals surface area contributed by atoms with Crippen molar-refractivity contribution in [2.24, 2.45) is 0 Å². The highest BCUT2D eigenvalue weighted by molar-refractivity contribution is 7.85. The van der Waals surface area contributed by atoms with Crippen LogP contribution in [-0.2, 0) is 20.9 Å². The van der Waals surface area contributed by atoms with Gasteiger partial charge in [0.2, 0.25) is 5.88 Å². The fourth-order valence-corrected chi connectivity index (χ4v) is 1.79. The Morgan fingerprint density at radius 3 is 2.55 bits per heavy atom. The van der Waals surface area contributed by atoms with Gasteiger partial charge in [-0.25, -0.2) is 4.98 Å². The van der Waals surface area contributed by atoms with E-state index in [0.717, 1.165) is 6.26 Å². The van der Waals surface area contributed by atoms with Crippen molar-refractivity contribution in [1.82, 2.24) is 9.97 Å². The van der Waals surface area contributed by atoms with Crippen molar-refractivity contribution in [2.75, 3.05) is 6.26 Å². The molecule has 0 saturated carbocycles. The molecular weight excluding hydrogens is 304 g/mol. The number of halogens is 1. The summed E-state index contributed by atoms with van der Waals surface area (Å²) < 4.78 is 31.7. The molecule has 0 radical (unpaired) electrons. The molecule has 8 heteroatoms. The minimum absolute atomic E-state index is 0.168. The van der Waals surface area contributed by atoms with Crippen molar-refractivity contribution < 1.29 is 17.3 Å². The van der Waals surface area contributed by atoms with Gasteiger partial charge >= 0.3 is 0 Å². The van der Waals surface area contributed by atoms with Crippen molar-refractivity contribution in [2.45, 2.75) is 6.61 Å². The standard InChI is InChI=1S/C12H11ClN2O4S/c1-20(16,17)18-8-9-6-15-12(7-14-9)19-11-5-3-2-4-10(11)13/h2-7H,8H2,1H3. The largest absolute Gasteiger partial charge is 0.436 e. The van der Waals surface area contributed by atoms with Crippen LogP contribution in [0.25, 0.3) is 0 Å². The van der Waals surface area contributed by atoms with Gasteiger partial charge in [-0.2, -0.15) is 8.42 Å². The van der Waals surface area contributed by atoms with E-state index >= 15 is 0 Å². The minimum atomic E-state index is -3.50. The number of ether oxygens (including phenoxy) is 1. The second kappa shape index (κ2) is 6.17. The number of aromatic nitrogens is 2. The van der Waals surface area contributed by atoms with Crippen LogP contribution in [0.15, 0.2) is 36.7 Å². The van der Waals surface area contributed by atoms with Gasteiger partial charge in [0.25, 0.3) is 10.1 Å². The number of para-hydroxylation sites is 1. The Bertz CT molecular complexity index is 689. The van der Waals surface area contributed by atoms with Crippen LogP contribution in [-0.4, -0.2) is 24.6 Å². The first-order valence-electron chi connectivity index (χ1n) is 5.52. The average molecular weight is 315 g/mol. The Morgan fingerprint density at radius 2 is 1.95 bits per heavy atom. The maximum atomic E-state index is 10.8. The molecule has 0 amide bonds.